The molecule has 0 amide bonds. The topological polar surface area (TPSA) is 52.3 Å². The first-order valence-electron chi connectivity index (χ1n) is 6.48. The second-order valence-electron chi connectivity index (χ2n) is 4.64. The fourth-order valence-electron chi connectivity index (χ4n) is 1.88. The zero-order valence-corrected chi connectivity index (χ0v) is 11.3. The quantitative estimate of drug-likeness (QED) is 0.679. The van der Waals surface area contributed by atoms with Crippen LogP contribution in [0.2, 0.25) is 0 Å². The van der Waals surface area contributed by atoms with Crippen molar-refractivity contribution in [2.24, 2.45) is 0 Å². The van der Waals surface area contributed by atoms with Crippen molar-refractivity contribution in [2.75, 3.05) is 5.73 Å². The molecular formula is C16H15F2NO2. The first-order valence-corrected chi connectivity index (χ1v) is 6.48. The third kappa shape index (κ3) is 4.56. The number of hydrogen-bond donors (Lipinski definition) is 1. The lowest BCUT2D eigenvalue weighted by Gasteiger charge is -2.06. The minimum absolute atomic E-state index is 0.0207. The fraction of sp³-hybridized carbons (Fsp3) is 0.188. The van der Waals surface area contributed by atoms with E-state index in [1.54, 1.807) is 18.2 Å². The smallest absolute Gasteiger partial charge is 0.306 e. The van der Waals surface area contributed by atoms with Gasteiger partial charge < -0.3 is 10.5 Å². The Morgan fingerprint density at radius 3 is 2.71 bits per heavy atom. The van der Waals surface area contributed by atoms with Crippen molar-refractivity contribution in [3.05, 3.63) is 65.2 Å². The highest BCUT2D eigenvalue weighted by Crippen LogP contribution is 2.12. The van der Waals surface area contributed by atoms with Crippen LogP contribution in [-0.4, -0.2) is 5.97 Å². The van der Waals surface area contributed by atoms with Crippen LogP contribution >= 0.6 is 0 Å². The van der Waals surface area contributed by atoms with Crippen molar-refractivity contribution in [2.45, 2.75) is 19.4 Å². The van der Waals surface area contributed by atoms with Crippen molar-refractivity contribution >= 4 is 11.7 Å². The standard InChI is InChI=1S/C16H15F2NO2/c17-13-5-6-15(18)12(9-13)10-21-16(20)7-4-11-2-1-3-14(19)8-11/h1-3,5-6,8-9H,4,7,10,19H2. The number of esters is 1. The third-order valence-corrected chi connectivity index (χ3v) is 2.97. The van der Waals surface area contributed by atoms with E-state index in [2.05, 4.69) is 0 Å². The van der Waals surface area contributed by atoms with Gasteiger partial charge in [-0.05, 0) is 42.3 Å². The molecule has 5 heteroatoms. The van der Waals surface area contributed by atoms with E-state index in [0.29, 0.717) is 12.1 Å². The molecule has 0 bridgehead atoms. The summed E-state index contributed by atoms with van der Waals surface area (Å²) in [6.45, 7) is -0.278. The molecule has 0 aliphatic heterocycles. The Hall–Kier alpha value is -2.43. The molecule has 0 saturated carbocycles. The molecule has 0 aliphatic carbocycles. The summed E-state index contributed by atoms with van der Waals surface area (Å²) in [7, 11) is 0. The van der Waals surface area contributed by atoms with Gasteiger partial charge >= 0.3 is 5.97 Å². The Labute approximate surface area is 121 Å². The van der Waals surface area contributed by atoms with Crippen LogP contribution < -0.4 is 5.73 Å². The number of nitrogens with two attached hydrogens (primary N) is 1. The van der Waals surface area contributed by atoms with Gasteiger partial charge in [0.2, 0.25) is 0 Å². The summed E-state index contributed by atoms with van der Waals surface area (Å²) < 4.78 is 31.2. The Kier molecular flexibility index (Phi) is 4.87. The molecule has 0 saturated heterocycles. The number of aryl methyl sites for hydroxylation is 1. The summed E-state index contributed by atoms with van der Waals surface area (Å²) in [6.07, 6.45) is 0.635. The second-order valence-corrected chi connectivity index (χ2v) is 4.64. The van der Waals surface area contributed by atoms with Gasteiger partial charge in [-0.15, -0.1) is 0 Å². The van der Waals surface area contributed by atoms with Gasteiger partial charge in [0, 0.05) is 17.7 Å². The average Bonchev–Trinajstić information content (AvgIpc) is 2.46. The van der Waals surface area contributed by atoms with Gasteiger partial charge in [0.1, 0.15) is 18.2 Å². The number of carbonyl (C=O) groups is 1. The van der Waals surface area contributed by atoms with E-state index in [-0.39, 0.29) is 18.6 Å². The van der Waals surface area contributed by atoms with E-state index in [1.807, 2.05) is 6.07 Å². The zero-order chi connectivity index (χ0) is 15.2. The zero-order valence-electron chi connectivity index (χ0n) is 11.3. The number of benzene rings is 2. The van der Waals surface area contributed by atoms with E-state index in [4.69, 9.17) is 10.5 Å². The van der Waals surface area contributed by atoms with E-state index in [9.17, 15) is 13.6 Å². The molecule has 2 N–H and O–H groups in total. The molecule has 110 valence electrons. The maximum atomic E-state index is 13.3. The summed E-state index contributed by atoms with van der Waals surface area (Å²) in [5, 5.41) is 0. The molecule has 2 rings (SSSR count). The molecule has 0 unspecified atom stereocenters. The van der Waals surface area contributed by atoms with Gasteiger partial charge in [-0.2, -0.15) is 0 Å². The Balaban J connectivity index is 1.83. The number of halogens is 2. The molecule has 2 aromatic carbocycles. The number of nitrogen functional groups attached to an aromatic ring is 1. The Bertz CT molecular complexity index is 644. The SMILES string of the molecule is Nc1cccc(CCC(=O)OCc2cc(F)ccc2F)c1. The predicted octanol–water partition coefficient (Wildman–Crippen LogP) is 3.22. The molecule has 0 fully saturated rings. The Morgan fingerprint density at radius 1 is 1.14 bits per heavy atom. The number of ether oxygens (including phenoxy) is 1. The van der Waals surface area contributed by atoms with Crippen molar-refractivity contribution in [3.63, 3.8) is 0 Å². The minimum atomic E-state index is -0.597. The molecule has 0 aromatic heterocycles. The Morgan fingerprint density at radius 2 is 1.95 bits per heavy atom. The van der Waals surface area contributed by atoms with Crippen LogP contribution in [0.1, 0.15) is 17.5 Å². The normalized spacial score (nSPS) is 10.4. The fourth-order valence-corrected chi connectivity index (χ4v) is 1.88. The first-order chi connectivity index (χ1) is 10.0. The molecule has 21 heavy (non-hydrogen) atoms. The van der Waals surface area contributed by atoms with Gasteiger partial charge in [0.15, 0.2) is 0 Å². The van der Waals surface area contributed by atoms with Gasteiger partial charge in [0.25, 0.3) is 0 Å². The number of rotatable bonds is 5. The molecule has 0 aliphatic rings. The summed E-state index contributed by atoms with van der Waals surface area (Å²) in [5.74, 6) is -1.64. The van der Waals surface area contributed by atoms with Crippen molar-refractivity contribution in [1.82, 2.24) is 0 Å². The van der Waals surface area contributed by atoms with Crippen molar-refractivity contribution in [1.29, 1.82) is 0 Å². The van der Waals surface area contributed by atoms with Crippen LogP contribution in [0.4, 0.5) is 14.5 Å². The molecule has 2 aromatic rings. The van der Waals surface area contributed by atoms with Crippen LogP contribution in [-0.2, 0) is 22.6 Å². The summed E-state index contributed by atoms with van der Waals surface area (Å²) in [4.78, 5) is 11.6. The molecular weight excluding hydrogens is 276 g/mol. The van der Waals surface area contributed by atoms with E-state index in [1.165, 1.54) is 0 Å². The van der Waals surface area contributed by atoms with Crippen LogP contribution in [0.5, 0.6) is 0 Å². The van der Waals surface area contributed by atoms with Crippen molar-refractivity contribution in [3.8, 4) is 0 Å². The summed E-state index contributed by atoms with van der Waals surface area (Å²) in [5.41, 5.74) is 7.21. The van der Waals surface area contributed by atoms with E-state index < -0.39 is 17.6 Å². The largest absolute Gasteiger partial charge is 0.461 e. The van der Waals surface area contributed by atoms with Crippen LogP contribution in [0.25, 0.3) is 0 Å². The van der Waals surface area contributed by atoms with E-state index >= 15 is 0 Å². The molecule has 0 spiro atoms. The summed E-state index contributed by atoms with van der Waals surface area (Å²) >= 11 is 0. The van der Waals surface area contributed by atoms with Gasteiger partial charge in [0.05, 0.1) is 0 Å². The number of carbonyl (C=O) groups excluding carboxylic acids is 1. The van der Waals surface area contributed by atoms with Crippen LogP contribution in [0.15, 0.2) is 42.5 Å². The highest BCUT2D eigenvalue weighted by Gasteiger charge is 2.08. The highest BCUT2D eigenvalue weighted by molar-refractivity contribution is 5.69. The molecule has 3 nitrogen and oxygen atoms in total. The number of anilines is 1. The monoisotopic (exact) mass is 291 g/mol. The molecule has 0 atom stereocenters. The molecule has 0 radical (unpaired) electrons. The van der Waals surface area contributed by atoms with Gasteiger partial charge in [-0.25, -0.2) is 8.78 Å². The maximum absolute atomic E-state index is 13.3. The first kappa shape index (κ1) is 15.0. The highest BCUT2D eigenvalue weighted by atomic mass is 19.1. The van der Waals surface area contributed by atoms with E-state index in [0.717, 1.165) is 23.8 Å². The lowest BCUT2D eigenvalue weighted by molar-refractivity contribution is -0.145. The summed E-state index contributed by atoms with van der Waals surface area (Å²) in [6, 6.07) is 10.2. The number of hydrogen-bond acceptors (Lipinski definition) is 3. The minimum Gasteiger partial charge on any atom is -0.461 e. The lowest BCUT2D eigenvalue weighted by Crippen LogP contribution is -2.07. The van der Waals surface area contributed by atoms with Gasteiger partial charge in [-0.3, -0.25) is 4.79 Å². The second kappa shape index (κ2) is 6.83. The third-order valence-electron chi connectivity index (χ3n) is 2.97. The predicted molar refractivity (Wildman–Crippen MR) is 75.3 cm³/mol. The average molecular weight is 291 g/mol. The molecule has 0 heterocycles. The van der Waals surface area contributed by atoms with Gasteiger partial charge in [-0.1, -0.05) is 12.1 Å². The van der Waals surface area contributed by atoms with Crippen LogP contribution in [0, 0.1) is 11.6 Å². The van der Waals surface area contributed by atoms with Crippen molar-refractivity contribution < 1.29 is 18.3 Å². The lowest BCUT2D eigenvalue weighted by atomic mass is 10.1. The maximum Gasteiger partial charge on any atom is 0.306 e. The van der Waals surface area contributed by atoms with Crippen LogP contribution in [0.3, 0.4) is 0 Å².